The Morgan fingerprint density at radius 2 is 1.37 bits per heavy atom. The number of hydrogen-bond acceptors (Lipinski definition) is 23. The number of aliphatic hydroxyl groups excluding tert-OH is 1. The summed E-state index contributed by atoms with van der Waals surface area (Å²) in [6.45, 7) is 4.86. The van der Waals surface area contributed by atoms with E-state index in [0.29, 0.717) is 99.9 Å². The van der Waals surface area contributed by atoms with E-state index in [4.69, 9.17) is 39.6 Å². The summed E-state index contributed by atoms with van der Waals surface area (Å²) in [6, 6.07) is 15.6. The van der Waals surface area contributed by atoms with Crippen molar-refractivity contribution in [3.05, 3.63) is 147 Å². The third kappa shape index (κ3) is 14.8. The quantitative estimate of drug-likeness (QED) is 0.0502. The number of carbonyl (C=O) groups is 8. The van der Waals surface area contributed by atoms with E-state index in [2.05, 4.69) is 26.6 Å². The van der Waals surface area contributed by atoms with E-state index in [1.807, 2.05) is 13.8 Å². The van der Waals surface area contributed by atoms with Gasteiger partial charge in [0, 0.05) is 52.0 Å². The van der Waals surface area contributed by atoms with Crippen molar-refractivity contribution in [3.63, 3.8) is 0 Å². The fourth-order valence-electron chi connectivity index (χ4n) is 10.8. The molecular weight excluding hydrogens is 1320 g/mol. The Balaban J connectivity index is 0.991. The first kappa shape index (κ1) is 66.5. The lowest BCUT2D eigenvalue weighted by Gasteiger charge is -2.30. The number of ether oxygens (including phenoxy) is 1. The van der Waals surface area contributed by atoms with Crippen molar-refractivity contribution in [1.29, 1.82) is 0 Å². The average molecular weight is 1380 g/mol. The van der Waals surface area contributed by atoms with Crippen molar-refractivity contribution in [3.8, 4) is 43.4 Å². The number of carboxylic acids is 2. The largest absolute Gasteiger partial charge is 0.481 e. The Hall–Kier alpha value is -8.95. The number of aliphatic carboxylic acids is 1. The summed E-state index contributed by atoms with van der Waals surface area (Å²) in [5.74, 6) is -6.43. The number of nitrogens with zero attached hydrogens (tertiary/aromatic N) is 8. The standard InChI is InChI=1S/C63H61N13O12S6/c1-29(2)46-60-75-49(42(94-60)24-88-5)53(81)65-22-45(78)72-50(51(79)32-11-7-6-8-12-32)59-70-41(27-91-59)57-68-39(25-90-57)48-36(55-69-40(26-89-55)52(80)67-38(21-44(77)64-4)58-74-47(30(3)93-58)54(82)73-46)18-19-37(66-48)56-71-43(28-92-56)76(23-31-10-9-13-35(20-31)63(86)87)61(83)33-14-16-34(17-15-33)62(84)85/h6-13,18-20,25-29,33-34,38,46,50-51,79H,14-17,21-24H2,1-5H3,(H,64,77)(H,65,81)(H,67,80)(H,72,78)(H,73,82)(H,84,85)(H,86,87)/t33?,34?,38-,46-,50-,51-/m0/s1. The molecule has 10 bridgehead atoms. The van der Waals surface area contributed by atoms with Crippen LogP contribution in [0.25, 0.3) is 43.4 Å². The van der Waals surface area contributed by atoms with E-state index in [-0.39, 0.29) is 64.9 Å². The fourth-order valence-corrected chi connectivity index (χ4v) is 16.3. The van der Waals surface area contributed by atoms with Gasteiger partial charge in [-0.2, -0.15) is 0 Å². The van der Waals surface area contributed by atoms with Crippen LogP contribution >= 0.6 is 68.0 Å². The van der Waals surface area contributed by atoms with Gasteiger partial charge >= 0.3 is 11.9 Å². The Morgan fingerprint density at radius 1 is 0.670 bits per heavy atom. The highest BCUT2D eigenvalue weighted by Gasteiger charge is 2.36. The first-order chi connectivity index (χ1) is 45.2. The van der Waals surface area contributed by atoms with E-state index in [1.54, 1.807) is 83.0 Å². The molecule has 94 heavy (non-hydrogen) atoms. The smallest absolute Gasteiger partial charge is 0.335 e. The van der Waals surface area contributed by atoms with Crippen LogP contribution in [0.1, 0.15) is 148 Å². The van der Waals surface area contributed by atoms with Gasteiger partial charge in [-0.1, -0.05) is 56.3 Å². The Bertz CT molecular complexity index is 4340. The van der Waals surface area contributed by atoms with Crippen LogP contribution in [-0.2, 0) is 37.1 Å². The minimum absolute atomic E-state index is 0.00998. The molecule has 0 saturated heterocycles. The molecule has 1 aliphatic heterocycles. The minimum atomic E-state index is -1.31. The number of amides is 6. The van der Waals surface area contributed by atoms with Crippen molar-refractivity contribution < 1.29 is 58.4 Å². The third-order valence-corrected chi connectivity index (χ3v) is 21.4. The third-order valence-electron chi connectivity index (χ3n) is 15.7. The number of rotatable bonds is 14. The molecule has 31 heteroatoms. The maximum atomic E-state index is 14.6. The highest BCUT2D eigenvalue weighted by molar-refractivity contribution is 7.15. The highest BCUT2D eigenvalue weighted by Crippen LogP contribution is 2.41. The van der Waals surface area contributed by atoms with Crippen LogP contribution in [0.3, 0.4) is 0 Å². The van der Waals surface area contributed by atoms with Gasteiger partial charge < -0.3 is 46.6 Å². The number of carbonyl (C=O) groups excluding carboxylic acids is 6. The molecule has 8 heterocycles. The zero-order chi connectivity index (χ0) is 66.5. The van der Waals surface area contributed by atoms with E-state index in [9.17, 15) is 53.7 Å². The van der Waals surface area contributed by atoms with Gasteiger partial charge in [0.15, 0.2) is 0 Å². The van der Waals surface area contributed by atoms with Crippen molar-refractivity contribution in [1.82, 2.24) is 61.5 Å². The van der Waals surface area contributed by atoms with Gasteiger partial charge in [-0.25, -0.2) is 39.7 Å². The maximum absolute atomic E-state index is 14.6. The molecule has 1 aliphatic carbocycles. The number of anilines is 1. The molecule has 6 amide bonds. The Morgan fingerprint density at radius 3 is 2.11 bits per heavy atom. The predicted molar refractivity (Wildman–Crippen MR) is 355 cm³/mol. The van der Waals surface area contributed by atoms with Gasteiger partial charge in [-0.05, 0) is 73.9 Å². The van der Waals surface area contributed by atoms with Gasteiger partial charge in [0.1, 0.15) is 82.2 Å². The number of thiazole rings is 6. The van der Waals surface area contributed by atoms with Crippen LogP contribution in [0.2, 0.25) is 0 Å². The summed E-state index contributed by atoms with van der Waals surface area (Å²) in [4.78, 5) is 145. The van der Waals surface area contributed by atoms with Gasteiger partial charge in [0.25, 0.3) is 17.7 Å². The Labute approximate surface area is 561 Å². The van der Waals surface area contributed by atoms with Crippen molar-refractivity contribution >= 4 is 121 Å². The Kier molecular flexibility index (Phi) is 20.6. The molecule has 9 aromatic rings. The summed E-state index contributed by atoms with van der Waals surface area (Å²) in [5.41, 5.74) is 2.93. The molecule has 1 fully saturated rings. The van der Waals surface area contributed by atoms with E-state index >= 15 is 0 Å². The monoisotopic (exact) mass is 1380 g/mol. The number of nitrogens with one attached hydrogen (secondary N) is 5. The number of aromatic nitrogens is 7. The van der Waals surface area contributed by atoms with Crippen LogP contribution in [-0.4, -0.2) is 118 Å². The number of methoxy groups -OCH3 is 1. The molecular formula is C63H61N13O12S6. The molecule has 2 aromatic carbocycles. The zero-order valence-electron chi connectivity index (χ0n) is 50.9. The topological polar surface area (TPSA) is 360 Å². The molecule has 2 aliphatic rings. The molecule has 1 saturated carbocycles. The number of benzene rings is 2. The fraction of sp³-hybridized carbons (Fsp3) is 0.317. The van der Waals surface area contributed by atoms with Gasteiger partial charge in [0.05, 0.1) is 60.3 Å². The van der Waals surface area contributed by atoms with Crippen LogP contribution in [0.5, 0.6) is 0 Å². The van der Waals surface area contributed by atoms with Gasteiger partial charge in [-0.15, -0.1) is 68.0 Å². The summed E-state index contributed by atoms with van der Waals surface area (Å²) in [5, 5.41) is 54.6. The zero-order valence-corrected chi connectivity index (χ0v) is 55.8. The second kappa shape index (κ2) is 29.1. The van der Waals surface area contributed by atoms with E-state index in [0.717, 1.165) is 34.0 Å². The number of carboxylic acid groups (broad SMARTS) is 2. The molecule has 0 radical (unpaired) electrons. The molecule has 25 nitrogen and oxygen atoms in total. The molecule has 4 atom stereocenters. The summed E-state index contributed by atoms with van der Waals surface area (Å²) >= 11 is 7.03. The minimum Gasteiger partial charge on any atom is -0.481 e. The number of aryl methyl sites for hydroxylation is 1. The predicted octanol–water partition coefficient (Wildman–Crippen LogP) is 9.43. The van der Waals surface area contributed by atoms with Crippen molar-refractivity contribution in [2.24, 2.45) is 17.8 Å². The van der Waals surface area contributed by atoms with Crippen LogP contribution in [0, 0.1) is 24.7 Å². The average Bonchev–Trinajstić information content (AvgIpc) is 1.56. The molecule has 7 aromatic heterocycles. The number of pyridine rings is 1. The lowest BCUT2D eigenvalue weighted by molar-refractivity contribution is -0.144. The first-order valence-corrected chi connectivity index (χ1v) is 34.7. The van der Waals surface area contributed by atoms with Gasteiger partial charge in [0.2, 0.25) is 17.7 Å². The first-order valence-electron chi connectivity index (χ1n) is 29.5. The number of aliphatic hydroxyl groups is 1. The molecule has 8 N–H and O–H groups in total. The number of hydrogen-bond donors (Lipinski definition) is 8. The second-order valence-corrected chi connectivity index (χ2v) is 28.3. The second-order valence-electron chi connectivity index (χ2n) is 22.5. The summed E-state index contributed by atoms with van der Waals surface area (Å²) in [6.07, 6.45) is -0.246. The normalized spacial score (nSPS) is 18.3. The van der Waals surface area contributed by atoms with Crippen LogP contribution in [0.15, 0.2) is 88.3 Å². The SMILES string of the molecule is CNC(=O)C[C@@H]1NC(=O)c2csc(n2)-c2ccc(-c3nc(N(Cc4cccc(C(=O)O)c4)C(=O)C4CCC(C(=O)O)CC4)cs3)nc2-c2csc(n2)-c2csc(n2)[C@H]([C@@H](O)c2ccccc2)NC(=O)CNC(=O)c2nc(sc2COC)[C@H](C(C)C)NC(=O)c2nc1sc2C. The van der Waals surface area contributed by atoms with E-state index < -0.39 is 84.1 Å². The van der Waals surface area contributed by atoms with Gasteiger partial charge in [-0.3, -0.25) is 38.5 Å². The summed E-state index contributed by atoms with van der Waals surface area (Å²) < 4.78 is 5.46. The van der Waals surface area contributed by atoms with Crippen molar-refractivity contribution in [2.75, 3.05) is 25.6 Å². The van der Waals surface area contributed by atoms with E-state index in [1.165, 1.54) is 65.2 Å². The number of aromatic carboxylic acids is 1. The van der Waals surface area contributed by atoms with Crippen LogP contribution in [0.4, 0.5) is 5.82 Å². The molecule has 0 spiro atoms. The molecule has 486 valence electrons. The highest BCUT2D eigenvalue weighted by atomic mass is 32.1. The molecule has 11 rings (SSSR count). The lowest BCUT2D eigenvalue weighted by Crippen LogP contribution is -2.40. The number of fused-ring (bicyclic) bond motifs is 14. The van der Waals surface area contributed by atoms with Crippen molar-refractivity contribution in [2.45, 2.75) is 90.3 Å². The lowest BCUT2D eigenvalue weighted by atomic mass is 9.81. The van der Waals surface area contributed by atoms with Crippen LogP contribution < -0.4 is 31.5 Å². The summed E-state index contributed by atoms with van der Waals surface area (Å²) in [7, 11) is 2.92. The maximum Gasteiger partial charge on any atom is 0.335 e. The molecule has 0 unspecified atom stereocenters.